The van der Waals surface area contributed by atoms with Crippen molar-refractivity contribution in [2.45, 2.75) is 89.1 Å². The maximum atomic E-state index is 13.5. The molecule has 4 aliphatic rings. The summed E-state index contributed by atoms with van der Waals surface area (Å²) in [5.41, 5.74) is -2.35. The van der Waals surface area contributed by atoms with Crippen molar-refractivity contribution in [2.24, 2.45) is 23.2 Å². The first kappa shape index (κ1) is 26.2. The zero-order valence-corrected chi connectivity index (χ0v) is 20.8. The molecule has 0 aromatic heterocycles. The van der Waals surface area contributed by atoms with Crippen LogP contribution in [0.1, 0.15) is 59.8 Å². The Morgan fingerprint density at radius 1 is 1.22 bits per heavy atom. The van der Waals surface area contributed by atoms with E-state index >= 15 is 0 Å². The molecule has 9 nitrogen and oxygen atoms in total. The van der Waals surface area contributed by atoms with Crippen LogP contribution < -0.4 is 16.0 Å². The number of hydrogen-bond acceptors (Lipinski definition) is 5. The van der Waals surface area contributed by atoms with Crippen LogP contribution in [0.4, 0.5) is 13.2 Å². The van der Waals surface area contributed by atoms with Gasteiger partial charge >= 0.3 is 12.1 Å². The summed E-state index contributed by atoms with van der Waals surface area (Å²) in [6.07, 6.45) is -3.91. The predicted molar refractivity (Wildman–Crippen MR) is 120 cm³/mol. The van der Waals surface area contributed by atoms with E-state index < -0.39 is 53.0 Å². The lowest BCUT2D eigenvalue weighted by atomic mass is 9.75. The number of carbonyl (C=O) groups excluding carboxylic acids is 4. The number of nitrogens with zero attached hydrogens (tertiary/aromatic N) is 2. The minimum Gasteiger partial charge on any atom is -0.351 e. The van der Waals surface area contributed by atoms with Crippen molar-refractivity contribution in [3.05, 3.63) is 0 Å². The molecule has 2 saturated heterocycles. The summed E-state index contributed by atoms with van der Waals surface area (Å²) in [7, 11) is 0. The highest BCUT2D eigenvalue weighted by atomic mass is 19.4. The van der Waals surface area contributed by atoms with Crippen LogP contribution in [0.15, 0.2) is 0 Å². The van der Waals surface area contributed by atoms with Crippen LogP contribution in [0.25, 0.3) is 0 Å². The molecule has 3 unspecified atom stereocenters. The van der Waals surface area contributed by atoms with E-state index in [-0.39, 0.29) is 49.0 Å². The van der Waals surface area contributed by atoms with Gasteiger partial charge in [0.25, 0.3) is 0 Å². The Morgan fingerprint density at radius 2 is 1.86 bits per heavy atom. The van der Waals surface area contributed by atoms with E-state index in [1.807, 2.05) is 39.1 Å². The predicted octanol–water partition coefficient (Wildman–Crippen LogP) is 1.38. The molecule has 36 heavy (non-hydrogen) atoms. The summed E-state index contributed by atoms with van der Waals surface area (Å²) >= 11 is 0. The van der Waals surface area contributed by atoms with Crippen LogP contribution in [0, 0.1) is 34.5 Å². The second-order valence-electron chi connectivity index (χ2n) is 11.9. The van der Waals surface area contributed by atoms with Gasteiger partial charge in [-0.05, 0) is 63.2 Å². The number of amides is 4. The van der Waals surface area contributed by atoms with Crippen molar-refractivity contribution in [1.82, 2.24) is 20.9 Å². The number of nitriles is 1. The minimum atomic E-state index is -5.13. The van der Waals surface area contributed by atoms with Crippen LogP contribution in [-0.2, 0) is 19.2 Å². The maximum absolute atomic E-state index is 13.5. The fourth-order valence-electron chi connectivity index (χ4n) is 6.35. The molecular formula is C24H32F3N5O4. The van der Waals surface area contributed by atoms with Gasteiger partial charge in [0.15, 0.2) is 0 Å². The first-order chi connectivity index (χ1) is 16.5. The molecule has 198 valence electrons. The zero-order chi connectivity index (χ0) is 26.8. The van der Waals surface area contributed by atoms with Crippen molar-refractivity contribution < 1.29 is 32.3 Å². The Bertz CT molecular complexity index is 1030. The number of likely N-dealkylation sites (tertiary alicyclic amines) is 1. The van der Waals surface area contributed by atoms with Gasteiger partial charge in [0, 0.05) is 18.0 Å². The summed E-state index contributed by atoms with van der Waals surface area (Å²) in [5, 5.41) is 17.1. The maximum Gasteiger partial charge on any atom is 0.471 e. The Balaban J connectivity index is 1.50. The average molecular weight is 512 g/mol. The molecule has 2 saturated carbocycles. The summed E-state index contributed by atoms with van der Waals surface area (Å²) in [6.45, 7) is 7.85. The Hall–Kier alpha value is -2.84. The minimum absolute atomic E-state index is 0.0189. The van der Waals surface area contributed by atoms with Crippen LogP contribution in [0.3, 0.4) is 0 Å². The lowest BCUT2D eigenvalue weighted by Gasteiger charge is -2.45. The van der Waals surface area contributed by atoms with Gasteiger partial charge in [0.05, 0.1) is 6.07 Å². The fraction of sp³-hybridized carbons (Fsp3) is 0.792. The van der Waals surface area contributed by atoms with Crippen molar-refractivity contribution in [1.29, 1.82) is 5.26 Å². The van der Waals surface area contributed by atoms with Crippen LogP contribution in [0.5, 0.6) is 0 Å². The number of rotatable bonds is 6. The summed E-state index contributed by atoms with van der Waals surface area (Å²) < 4.78 is 38.8. The molecule has 2 aliphatic heterocycles. The third kappa shape index (κ3) is 4.41. The van der Waals surface area contributed by atoms with Crippen molar-refractivity contribution in [3.63, 3.8) is 0 Å². The van der Waals surface area contributed by atoms with Gasteiger partial charge in [-0.25, -0.2) is 0 Å². The monoisotopic (exact) mass is 511 g/mol. The van der Waals surface area contributed by atoms with E-state index in [1.54, 1.807) is 0 Å². The molecule has 4 amide bonds. The molecule has 5 atom stereocenters. The van der Waals surface area contributed by atoms with E-state index in [1.165, 1.54) is 4.90 Å². The van der Waals surface area contributed by atoms with Gasteiger partial charge in [-0.1, -0.05) is 13.8 Å². The number of halogens is 3. The first-order valence-electron chi connectivity index (χ1n) is 12.2. The van der Waals surface area contributed by atoms with Crippen molar-refractivity contribution in [3.8, 4) is 6.07 Å². The molecule has 0 aromatic rings. The van der Waals surface area contributed by atoms with Gasteiger partial charge in [0.1, 0.15) is 17.6 Å². The number of fused-ring (bicyclic) bond motifs is 1. The Kier molecular flexibility index (Phi) is 6.08. The van der Waals surface area contributed by atoms with Gasteiger partial charge in [-0.2, -0.15) is 18.4 Å². The highest BCUT2D eigenvalue weighted by molar-refractivity contribution is 5.97. The van der Waals surface area contributed by atoms with Gasteiger partial charge in [-0.15, -0.1) is 0 Å². The van der Waals surface area contributed by atoms with E-state index in [2.05, 4.69) is 10.6 Å². The lowest BCUT2D eigenvalue weighted by Crippen LogP contribution is -2.67. The molecule has 2 heterocycles. The normalized spacial score (nSPS) is 31.8. The van der Waals surface area contributed by atoms with E-state index in [0.717, 1.165) is 0 Å². The largest absolute Gasteiger partial charge is 0.471 e. The summed E-state index contributed by atoms with van der Waals surface area (Å²) in [5.74, 6) is -4.32. The number of carbonyl (C=O) groups is 4. The highest BCUT2D eigenvalue weighted by Gasteiger charge is 2.70. The molecule has 0 radical (unpaired) electrons. The van der Waals surface area contributed by atoms with Crippen molar-refractivity contribution in [2.75, 3.05) is 6.54 Å². The second kappa shape index (κ2) is 8.35. The molecule has 0 bridgehead atoms. The van der Waals surface area contributed by atoms with Crippen molar-refractivity contribution >= 4 is 23.6 Å². The summed E-state index contributed by atoms with van der Waals surface area (Å²) in [6, 6.07) is 0.0826. The smallest absolute Gasteiger partial charge is 0.351 e. The molecule has 12 heteroatoms. The first-order valence-corrected chi connectivity index (χ1v) is 12.2. The molecule has 4 rings (SSSR count). The van der Waals surface area contributed by atoms with Crippen LogP contribution in [0.2, 0.25) is 0 Å². The van der Waals surface area contributed by atoms with E-state index in [0.29, 0.717) is 12.8 Å². The quantitative estimate of drug-likeness (QED) is 0.496. The van der Waals surface area contributed by atoms with Crippen LogP contribution in [-0.4, -0.2) is 64.4 Å². The zero-order valence-electron chi connectivity index (χ0n) is 20.8. The molecule has 0 spiro atoms. The van der Waals surface area contributed by atoms with Gasteiger partial charge < -0.3 is 20.9 Å². The molecular weight excluding hydrogens is 479 g/mol. The van der Waals surface area contributed by atoms with Gasteiger partial charge in [0.2, 0.25) is 17.7 Å². The number of hydrogen-bond donors (Lipinski definition) is 3. The number of nitrogens with one attached hydrogen (secondary N) is 3. The lowest BCUT2D eigenvalue weighted by molar-refractivity contribution is -0.179. The molecule has 4 fully saturated rings. The van der Waals surface area contributed by atoms with E-state index in [9.17, 15) is 37.6 Å². The molecule has 2 aliphatic carbocycles. The highest BCUT2D eigenvalue weighted by Crippen LogP contribution is 2.65. The standard InChI is InChI=1S/C24H32F3N5O4/c1-21(2)9-12(17(33)30-21)8-13(10-28)29-18(34)16-15-14(22(15,3)4)11-32(16)20(36)23(6-5-7-23)31-19(35)24(25,26)27/h12-16H,5-9,11H2,1-4H3,(H,29,34)(H,30,33)(H,31,35)/t12-,13+,14?,15?,16?/m1/s1. The SMILES string of the molecule is CC1(C)C[C@@H](C[C@@H](C#N)NC(=O)C2C3C(CN2C(=O)C2(NC(=O)C(F)(F)F)CCC2)C3(C)C)C(=O)N1. The number of piperidine rings is 1. The second-order valence-corrected chi connectivity index (χ2v) is 11.9. The summed E-state index contributed by atoms with van der Waals surface area (Å²) in [4.78, 5) is 52.1. The molecule has 3 N–H and O–H groups in total. The topological polar surface area (TPSA) is 131 Å². The third-order valence-corrected chi connectivity index (χ3v) is 8.55. The third-order valence-electron chi connectivity index (χ3n) is 8.55. The fourth-order valence-corrected chi connectivity index (χ4v) is 6.35. The number of alkyl halides is 3. The van der Waals surface area contributed by atoms with Crippen LogP contribution >= 0.6 is 0 Å². The van der Waals surface area contributed by atoms with E-state index in [4.69, 9.17) is 0 Å². The Labute approximate surface area is 207 Å². The van der Waals surface area contributed by atoms with Gasteiger partial charge in [-0.3, -0.25) is 19.2 Å². The average Bonchev–Trinajstić information content (AvgIpc) is 3.03. The molecule has 0 aromatic carbocycles. The Morgan fingerprint density at radius 3 is 2.33 bits per heavy atom.